The smallest absolute Gasteiger partial charge is 0.330 e. The summed E-state index contributed by atoms with van der Waals surface area (Å²) in [6.45, 7) is 0.438. The molecule has 11 nitrogen and oxygen atoms in total. The van der Waals surface area contributed by atoms with Gasteiger partial charge in [0.05, 0.1) is 19.5 Å². The summed E-state index contributed by atoms with van der Waals surface area (Å²) in [5.41, 5.74) is 5.52. The Labute approximate surface area is 123 Å². The molecule has 5 N–H and O–H groups in total. The number of H-pyrrole nitrogens is 1. The Morgan fingerprint density at radius 2 is 2.32 bits per heavy atom. The molecule has 0 aromatic carbocycles. The van der Waals surface area contributed by atoms with Crippen molar-refractivity contribution in [1.29, 1.82) is 0 Å². The molecular formula is C10H14N5O6P. The second-order valence-electron chi connectivity index (χ2n) is 4.89. The largest absolute Gasteiger partial charge is 0.369 e. The van der Waals surface area contributed by atoms with Crippen LogP contribution >= 0.6 is 7.60 Å². The number of aromatic nitrogens is 4. The quantitative estimate of drug-likeness (QED) is 0.494. The molecule has 12 heteroatoms. The molecule has 0 aliphatic carbocycles. The number of nitrogens with zero attached hydrogens (tertiary/aromatic N) is 3. The van der Waals surface area contributed by atoms with Crippen LogP contribution < -0.4 is 11.3 Å². The average Bonchev–Trinajstić information content (AvgIpc) is 2.96. The molecule has 1 saturated heterocycles. The summed E-state index contributed by atoms with van der Waals surface area (Å²) in [6, 6.07) is 0. The van der Waals surface area contributed by atoms with Crippen LogP contribution in [0.25, 0.3) is 11.2 Å². The van der Waals surface area contributed by atoms with Crippen LogP contribution in [0.2, 0.25) is 0 Å². The summed E-state index contributed by atoms with van der Waals surface area (Å²) >= 11 is 0. The van der Waals surface area contributed by atoms with E-state index < -0.39 is 31.7 Å². The molecule has 1 unspecified atom stereocenters. The number of nitrogen functional groups attached to an aromatic ring is 1. The Morgan fingerprint density at radius 1 is 1.55 bits per heavy atom. The third-order valence-electron chi connectivity index (χ3n) is 3.09. The number of anilines is 1. The van der Waals surface area contributed by atoms with Gasteiger partial charge < -0.3 is 29.6 Å². The van der Waals surface area contributed by atoms with Crippen LogP contribution in [0.15, 0.2) is 11.1 Å². The van der Waals surface area contributed by atoms with E-state index in [0.29, 0.717) is 5.65 Å². The highest BCUT2D eigenvalue weighted by Gasteiger charge is 2.32. The fraction of sp³-hybridized carbons (Fsp3) is 0.500. The molecule has 0 radical (unpaired) electrons. The number of fused-ring (bicyclic) bond motifs is 1. The van der Waals surface area contributed by atoms with Gasteiger partial charge in [0.25, 0.3) is 5.56 Å². The van der Waals surface area contributed by atoms with E-state index in [1.807, 2.05) is 0 Å². The standard InChI is InChI=1S/C10H14N5O6P/c11-10-13-8-7(9(16)14-10)12-4-15(8)1-5-2-20-6(21-5)3-22(17,18)19/h4-6H,1-3H2,(H2,17,18,19)(H3,11,13,14,16)/t5-,6?/m0/s1. The summed E-state index contributed by atoms with van der Waals surface area (Å²) in [5.74, 6) is -0.0257. The van der Waals surface area contributed by atoms with Crippen molar-refractivity contribution in [2.24, 2.45) is 0 Å². The van der Waals surface area contributed by atoms with E-state index in [-0.39, 0.29) is 24.6 Å². The van der Waals surface area contributed by atoms with Gasteiger partial charge in [-0.1, -0.05) is 0 Å². The Hall–Kier alpha value is -1.78. The topological polar surface area (TPSA) is 166 Å². The van der Waals surface area contributed by atoms with Gasteiger partial charge in [0.1, 0.15) is 12.3 Å². The van der Waals surface area contributed by atoms with E-state index in [4.69, 9.17) is 25.0 Å². The lowest BCUT2D eigenvalue weighted by Gasteiger charge is -2.12. The number of imidazole rings is 1. The number of rotatable bonds is 4. The zero-order chi connectivity index (χ0) is 15.9. The van der Waals surface area contributed by atoms with Gasteiger partial charge >= 0.3 is 7.60 Å². The first kappa shape index (κ1) is 15.1. The van der Waals surface area contributed by atoms with Crippen molar-refractivity contribution >= 4 is 24.7 Å². The van der Waals surface area contributed by atoms with Crippen molar-refractivity contribution in [3.8, 4) is 0 Å². The molecule has 0 spiro atoms. The normalized spacial score (nSPS) is 22.5. The predicted octanol–water partition coefficient (Wildman–Crippen LogP) is -1.38. The first-order valence-electron chi connectivity index (χ1n) is 6.34. The van der Waals surface area contributed by atoms with Gasteiger partial charge in [-0.2, -0.15) is 4.98 Å². The highest BCUT2D eigenvalue weighted by molar-refractivity contribution is 7.51. The van der Waals surface area contributed by atoms with Crippen LogP contribution in [0, 0.1) is 0 Å². The number of ether oxygens (including phenoxy) is 2. The monoisotopic (exact) mass is 331 g/mol. The van der Waals surface area contributed by atoms with Gasteiger partial charge in [-0.3, -0.25) is 14.3 Å². The van der Waals surface area contributed by atoms with E-state index in [2.05, 4.69) is 15.0 Å². The molecule has 0 saturated carbocycles. The van der Waals surface area contributed by atoms with Gasteiger partial charge in [0.2, 0.25) is 5.95 Å². The molecule has 2 atom stereocenters. The maximum absolute atomic E-state index is 11.7. The maximum atomic E-state index is 11.7. The van der Waals surface area contributed by atoms with Gasteiger partial charge in [-0.15, -0.1) is 0 Å². The Bertz CT molecular complexity index is 797. The van der Waals surface area contributed by atoms with Crippen LogP contribution in [-0.4, -0.2) is 54.5 Å². The molecule has 120 valence electrons. The molecule has 3 rings (SSSR count). The fourth-order valence-corrected chi connectivity index (χ4v) is 2.80. The maximum Gasteiger partial charge on any atom is 0.330 e. The SMILES string of the molecule is Nc1nc2c(ncn2C[C@H]2COC(CP(=O)(O)O)O2)c(=O)[nH]1. The molecule has 22 heavy (non-hydrogen) atoms. The highest BCUT2D eigenvalue weighted by atomic mass is 31.2. The number of aromatic amines is 1. The van der Waals surface area contributed by atoms with E-state index in [1.54, 1.807) is 4.57 Å². The van der Waals surface area contributed by atoms with Gasteiger partial charge in [0, 0.05) is 0 Å². The molecule has 1 fully saturated rings. The van der Waals surface area contributed by atoms with Crippen molar-refractivity contribution < 1.29 is 23.8 Å². The van der Waals surface area contributed by atoms with Crippen molar-refractivity contribution in [2.45, 2.75) is 18.9 Å². The van der Waals surface area contributed by atoms with Crippen LogP contribution in [-0.2, 0) is 20.6 Å². The predicted molar refractivity (Wildman–Crippen MR) is 74.1 cm³/mol. The van der Waals surface area contributed by atoms with Gasteiger partial charge in [-0.25, -0.2) is 4.98 Å². The fourth-order valence-electron chi connectivity index (χ4n) is 2.22. The average molecular weight is 331 g/mol. The van der Waals surface area contributed by atoms with Gasteiger partial charge in [0.15, 0.2) is 17.5 Å². The van der Waals surface area contributed by atoms with E-state index in [0.717, 1.165) is 0 Å². The second kappa shape index (κ2) is 5.45. The minimum absolute atomic E-state index is 0.0257. The first-order chi connectivity index (χ1) is 10.3. The van der Waals surface area contributed by atoms with Crippen molar-refractivity contribution in [3.05, 3.63) is 16.7 Å². The third kappa shape index (κ3) is 3.18. The summed E-state index contributed by atoms with van der Waals surface area (Å²) < 4.78 is 23.1. The molecule has 3 heterocycles. The molecular weight excluding hydrogens is 317 g/mol. The Kier molecular flexibility index (Phi) is 3.75. The molecule has 1 aliphatic rings. The number of nitrogens with two attached hydrogens (primary N) is 1. The highest BCUT2D eigenvalue weighted by Crippen LogP contribution is 2.37. The Morgan fingerprint density at radius 3 is 3.05 bits per heavy atom. The van der Waals surface area contributed by atoms with E-state index in [1.165, 1.54) is 6.33 Å². The number of hydrogen-bond acceptors (Lipinski definition) is 7. The molecule has 2 aromatic rings. The Balaban J connectivity index is 1.75. The minimum Gasteiger partial charge on any atom is -0.369 e. The zero-order valence-electron chi connectivity index (χ0n) is 11.2. The molecule has 1 aliphatic heterocycles. The summed E-state index contributed by atoms with van der Waals surface area (Å²) in [5, 5.41) is 0. The van der Waals surface area contributed by atoms with Crippen molar-refractivity contribution in [3.63, 3.8) is 0 Å². The number of hydrogen-bond donors (Lipinski definition) is 4. The summed E-state index contributed by atoms with van der Waals surface area (Å²) in [7, 11) is -4.21. The second-order valence-corrected chi connectivity index (χ2v) is 6.58. The molecule has 0 bridgehead atoms. The summed E-state index contributed by atoms with van der Waals surface area (Å²) in [6.07, 6.45) is -0.469. The van der Waals surface area contributed by atoms with E-state index >= 15 is 0 Å². The summed E-state index contributed by atoms with van der Waals surface area (Å²) in [4.78, 5) is 39.8. The van der Waals surface area contributed by atoms with Crippen LogP contribution in [0.5, 0.6) is 0 Å². The lowest BCUT2D eigenvalue weighted by Crippen LogP contribution is -2.21. The molecule has 0 amide bonds. The minimum atomic E-state index is -4.21. The third-order valence-corrected chi connectivity index (χ3v) is 3.87. The lowest BCUT2D eigenvalue weighted by molar-refractivity contribution is -0.0442. The first-order valence-corrected chi connectivity index (χ1v) is 8.14. The van der Waals surface area contributed by atoms with Crippen molar-refractivity contribution in [1.82, 2.24) is 19.5 Å². The van der Waals surface area contributed by atoms with Crippen molar-refractivity contribution in [2.75, 3.05) is 18.5 Å². The zero-order valence-corrected chi connectivity index (χ0v) is 12.1. The van der Waals surface area contributed by atoms with Crippen LogP contribution in [0.4, 0.5) is 5.95 Å². The van der Waals surface area contributed by atoms with Gasteiger partial charge in [-0.05, 0) is 0 Å². The number of nitrogens with one attached hydrogen (secondary N) is 1. The lowest BCUT2D eigenvalue weighted by atomic mass is 10.4. The van der Waals surface area contributed by atoms with Crippen LogP contribution in [0.1, 0.15) is 0 Å². The van der Waals surface area contributed by atoms with Crippen LogP contribution in [0.3, 0.4) is 0 Å². The van der Waals surface area contributed by atoms with E-state index in [9.17, 15) is 9.36 Å². The molecule has 2 aromatic heterocycles.